The van der Waals surface area contributed by atoms with Crippen LogP contribution in [0.25, 0.3) is 0 Å². The molecule has 2 atom stereocenters. The van der Waals surface area contributed by atoms with Crippen LogP contribution in [0.2, 0.25) is 5.02 Å². The van der Waals surface area contributed by atoms with Crippen LogP contribution in [-0.4, -0.2) is 44.8 Å². The van der Waals surface area contributed by atoms with Crippen molar-refractivity contribution in [2.75, 3.05) is 31.4 Å². The van der Waals surface area contributed by atoms with Crippen molar-refractivity contribution in [2.24, 2.45) is 17.8 Å². The Balaban J connectivity index is 1.81. The number of benzene rings is 1. The van der Waals surface area contributed by atoms with Gasteiger partial charge in [0, 0.05) is 19.8 Å². The lowest BCUT2D eigenvalue weighted by Gasteiger charge is -2.25. The molecule has 0 aliphatic carbocycles. The first-order valence-corrected chi connectivity index (χ1v) is 14.0. The van der Waals surface area contributed by atoms with E-state index in [9.17, 15) is 8.42 Å². The second-order valence-corrected chi connectivity index (χ2v) is 11.6. The van der Waals surface area contributed by atoms with E-state index in [1.165, 1.54) is 12.7 Å². The van der Waals surface area contributed by atoms with Crippen molar-refractivity contribution < 1.29 is 13.2 Å². The minimum atomic E-state index is -3.23. The van der Waals surface area contributed by atoms with E-state index in [1.807, 2.05) is 13.1 Å². The van der Waals surface area contributed by atoms with Gasteiger partial charge in [-0.1, -0.05) is 51.3 Å². The first-order valence-electron chi connectivity index (χ1n) is 11.7. The second-order valence-electron chi connectivity index (χ2n) is 9.15. The molecule has 0 radical (unpaired) electrons. The molecule has 0 saturated carbocycles. The minimum absolute atomic E-state index is 0.292. The Morgan fingerprint density at radius 1 is 1.09 bits per heavy atom. The summed E-state index contributed by atoms with van der Waals surface area (Å²) in [6.07, 6.45) is 10.0. The molecular formula is C25H38ClN3O3S. The Kier molecular flexibility index (Phi) is 10.9. The molecule has 0 bridgehead atoms. The SMILES string of the molecule is CCC(CCC(CCOc1cccc(S(C)(=O)=O)c1)C(C)C)CCN(C)c1ncc(Cl)cn1. The highest BCUT2D eigenvalue weighted by Gasteiger charge is 2.17. The number of hydrogen-bond donors (Lipinski definition) is 0. The van der Waals surface area contributed by atoms with Crippen molar-refractivity contribution in [1.29, 1.82) is 0 Å². The van der Waals surface area contributed by atoms with Crippen molar-refractivity contribution >= 4 is 27.4 Å². The van der Waals surface area contributed by atoms with Gasteiger partial charge in [-0.05, 0) is 55.2 Å². The van der Waals surface area contributed by atoms with Gasteiger partial charge in [-0.25, -0.2) is 18.4 Å². The van der Waals surface area contributed by atoms with Gasteiger partial charge in [0.15, 0.2) is 9.84 Å². The summed E-state index contributed by atoms with van der Waals surface area (Å²) >= 11 is 5.88. The average molecular weight is 496 g/mol. The molecule has 6 nitrogen and oxygen atoms in total. The summed E-state index contributed by atoms with van der Waals surface area (Å²) in [5.74, 6) is 3.09. The first-order chi connectivity index (χ1) is 15.6. The number of hydrogen-bond acceptors (Lipinski definition) is 6. The molecule has 0 aliphatic rings. The van der Waals surface area contributed by atoms with Crippen molar-refractivity contribution in [3.05, 3.63) is 41.7 Å². The Bertz CT molecular complexity index is 952. The predicted octanol–water partition coefficient (Wildman–Crippen LogP) is 5.91. The Morgan fingerprint density at radius 3 is 2.39 bits per heavy atom. The van der Waals surface area contributed by atoms with Crippen LogP contribution in [0.4, 0.5) is 5.95 Å². The summed E-state index contributed by atoms with van der Waals surface area (Å²) in [6.45, 7) is 8.28. The lowest BCUT2D eigenvalue weighted by Crippen LogP contribution is -2.23. The Labute approximate surface area is 204 Å². The van der Waals surface area contributed by atoms with Crippen molar-refractivity contribution in [1.82, 2.24) is 9.97 Å². The number of nitrogens with zero attached hydrogens (tertiary/aromatic N) is 3. The van der Waals surface area contributed by atoms with Gasteiger partial charge >= 0.3 is 0 Å². The van der Waals surface area contributed by atoms with E-state index in [4.69, 9.17) is 16.3 Å². The zero-order valence-electron chi connectivity index (χ0n) is 20.5. The minimum Gasteiger partial charge on any atom is -0.494 e. The molecule has 0 saturated heterocycles. The maximum Gasteiger partial charge on any atom is 0.225 e. The smallest absolute Gasteiger partial charge is 0.225 e. The van der Waals surface area contributed by atoms with E-state index in [0.29, 0.717) is 46.0 Å². The molecule has 1 aromatic carbocycles. The highest BCUT2D eigenvalue weighted by atomic mass is 35.5. The summed E-state index contributed by atoms with van der Waals surface area (Å²) in [6, 6.07) is 6.74. The van der Waals surface area contributed by atoms with Gasteiger partial charge < -0.3 is 9.64 Å². The zero-order valence-corrected chi connectivity index (χ0v) is 22.1. The molecule has 33 heavy (non-hydrogen) atoms. The molecular weight excluding hydrogens is 458 g/mol. The summed E-state index contributed by atoms with van der Waals surface area (Å²) < 4.78 is 29.4. The van der Waals surface area contributed by atoms with Crippen LogP contribution < -0.4 is 9.64 Å². The summed E-state index contributed by atoms with van der Waals surface area (Å²) in [5.41, 5.74) is 0. The topological polar surface area (TPSA) is 72.4 Å². The largest absolute Gasteiger partial charge is 0.494 e. The highest BCUT2D eigenvalue weighted by molar-refractivity contribution is 7.90. The standard InChI is InChI=1S/C25H38ClN3O3S/c1-6-20(12-14-29(4)25-27-17-22(26)18-28-25)10-11-21(19(2)3)13-15-32-23-8-7-9-24(16-23)33(5,30)31/h7-9,16-21H,6,10-15H2,1-5H3. The highest BCUT2D eigenvalue weighted by Crippen LogP contribution is 2.27. The van der Waals surface area contributed by atoms with Crippen molar-refractivity contribution in [3.8, 4) is 5.75 Å². The van der Waals surface area contributed by atoms with Gasteiger partial charge in [0.2, 0.25) is 5.95 Å². The van der Waals surface area contributed by atoms with Gasteiger partial charge in [-0.15, -0.1) is 0 Å². The van der Waals surface area contributed by atoms with E-state index < -0.39 is 9.84 Å². The molecule has 0 aliphatic heterocycles. The van der Waals surface area contributed by atoms with Gasteiger partial charge in [-0.2, -0.15) is 0 Å². The van der Waals surface area contributed by atoms with Crippen LogP contribution in [-0.2, 0) is 9.84 Å². The third kappa shape index (κ3) is 9.49. The maximum absolute atomic E-state index is 11.8. The fraction of sp³-hybridized carbons (Fsp3) is 0.600. The first kappa shape index (κ1) is 27.4. The Morgan fingerprint density at radius 2 is 1.79 bits per heavy atom. The van der Waals surface area contributed by atoms with Crippen LogP contribution in [0, 0.1) is 17.8 Å². The quantitative estimate of drug-likeness (QED) is 0.324. The number of ether oxygens (including phenoxy) is 1. The van der Waals surface area contributed by atoms with E-state index in [-0.39, 0.29) is 0 Å². The number of sulfone groups is 1. The zero-order chi connectivity index (χ0) is 24.4. The number of aromatic nitrogens is 2. The van der Waals surface area contributed by atoms with Gasteiger partial charge in [0.25, 0.3) is 0 Å². The van der Waals surface area contributed by atoms with Crippen LogP contribution in [0.1, 0.15) is 52.9 Å². The van der Waals surface area contributed by atoms with Gasteiger partial charge in [-0.3, -0.25) is 0 Å². The lowest BCUT2D eigenvalue weighted by molar-refractivity contribution is 0.227. The number of anilines is 1. The molecule has 0 amide bonds. The third-order valence-corrected chi connectivity index (χ3v) is 7.58. The number of rotatable bonds is 14. The molecule has 1 aromatic heterocycles. The molecule has 0 N–H and O–H groups in total. The van der Waals surface area contributed by atoms with E-state index in [1.54, 1.807) is 30.6 Å². The second kappa shape index (κ2) is 13.1. The van der Waals surface area contributed by atoms with Crippen molar-refractivity contribution in [3.63, 3.8) is 0 Å². The third-order valence-electron chi connectivity index (χ3n) is 6.28. The van der Waals surface area contributed by atoms with E-state index in [2.05, 4.69) is 35.6 Å². The van der Waals surface area contributed by atoms with Crippen molar-refractivity contribution in [2.45, 2.75) is 57.8 Å². The molecule has 0 fully saturated rings. The van der Waals surface area contributed by atoms with Crippen LogP contribution in [0.5, 0.6) is 5.75 Å². The predicted molar refractivity (Wildman–Crippen MR) is 136 cm³/mol. The molecule has 2 rings (SSSR count). The fourth-order valence-electron chi connectivity index (χ4n) is 3.91. The van der Waals surface area contributed by atoms with Crippen LogP contribution in [0.3, 0.4) is 0 Å². The lowest BCUT2D eigenvalue weighted by atomic mass is 9.84. The molecule has 2 unspecified atom stereocenters. The molecule has 1 heterocycles. The Hall–Kier alpha value is -1.86. The van der Waals surface area contributed by atoms with Gasteiger partial charge in [0.05, 0.1) is 28.9 Å². The van der Waals surface area contributed by atoms with E-state index in [0.717, 1.165) is 32.2 Å². The van der Waals surface area contributed by atoms with E-state index >= 15 is 0 Å². The summed E-state index contributed by atoms with van der Waals surface area (Å²) in [5, 5.41) is 0.547. The van der Waals surface area contributed by atoms with Crippen LogP contribution >= 0.6 is 11.6 Å². The normalized spacial score (nSPS) is 13.7. The monoisotopic (exact) mass is 495 g/mol. The number of halogens is 1. The fourth-order valence-corrected chi connectivity index (χ4v) is 4.67. The molecule has 2 aromatic rings. The summed E-state index contributed by atoms with van der Waals surface area (Å²) in [4.78, 5) is 11.0. The summed E-state index contributed by atoms with van der Waals surface area (Å²) in [7, 11) is -1.21. The molecule has 184 valence electrons. The van der Waals surface area contributed by atoms with Crippen LogP contribution in [0.15, 0.2) is 41.6 Å². The molecule has 0 spiro atoms. The maximum atomic E-state index is 11.8. The molecule has 8 heteroatoms. The average Bonchev–Trinajstić information content (AvgIpc) is 2.77. The van der Waals surface area contributed by atoms with Gasteiger partial charge in [0.1, 0.15) is 5.75 Å².